The van der Waals surface area contributed by atoms with Gasteiger partial charge in [0.25, 0.3) is 0 Å². The van der Waals surface area contributed by atoms with Gasteiger partial charge in [-0.15, -0.1) is 0 Å². The molecule has 5 atom stereocenters. The number of rotatable bonds is 7. The molecule has 2 aliphatic rings. The first-order valence-corrected chi connectivity index (χ1v) is 11.0. The number of piperidine rings is 1. The fourth-order valence-electron chi connectivity index (χ4n) is 4.74. The van der Waals surface area contributed by atoms with Crippen LogP contribution in [0.4, 0.5) is 0 Å². The van der Waals surface area contributed by atoms with Crippen molar-refractivity contribution >= 4 is 29.1 Å². The van der Waals surface area contributed by atoms with Crippen LogP contribution in [0.1, 0.15) is 50.6 Å². The largest absolute Gasteiger partial charge is 0.390 e. The number of carbonyl (C=O) groups excluding carboxylic acids is 1. The maximum Gasteiger partial charge on any atom is 0.234 e. The zero-order valence-electron chi connectivity index (χ0n) is 16.4. The highest BCUT2D eigenvalue weighted by Crippen LogP contribution is 2.38. The van der Waals surface area contributed by atoms with E-state index in [4.69, 9.17) is 28.9 Å². The summed E-state index contributed by atoms with van der Waals surface area (Å²) in [6.07, 6.45) is 5.20. The normalized spacial score (nSPS) is 27.8. The SMILES string of the molecule is C[C@H](NC[C@@H](O)CN1C[C@H]2CCCC[C@H]2C[C@H]1C(N)=O)c1ccc(Cl)c(Cl)c1. The second-order valence-electron chi connectivity index (χ2n) is 8.37. The molecule has 0 bridgehead atoms. The van der Waals surface area contributed by atoms with Crippen molar-refractivity contribution in [2.45, 2.75) is 57.2 Å². The highest BCUT2D eigenvalue weighted by Gasteiger charge is 2.39. The van der Waals surface area contributed by atoms with Gasteiger partial charge in [-0.1, -0.05) is 48.5 Å². The van der Waals surface area contributed by atoms with Crippen LogP contribution in [0, 0.1) is 11.8 Å². The maximum atomic E-state index is 12.0. The maximum absolute atomic E-state index is 12.0. The second kappa shape index (κ2) is 9.77. The van der Waals surface area contributed by atoms with Crippen LogP contribution in [-0.4, -0.2) is 47.7 Å². The van der Waals surface area contributed by atoms with Gasteiger partial charge in [-0.25, -0.2) is 0 Å². The van der Waals surface area contributed by atoms with Gasteiger partial charge >= 0.3 is 0 Å². The minimum absolute atomic E-state index is 0.0282. The molecule has 0 aromatic heterocycles. The zero-order chi connectivity index (χ0) is 20.3. The van der Waals surface area contributed by atoms with Crippen molar-refractivity contribution in [3.8, 4) is 0 Å². The van der Waals surface area contributed by atoms with E-state index in [1.165, 1.54) is 25.7 Å². The first-order valence-electron chi connectivity index (χ1n) is 10.2. The summed E-state index contributed by atoms with van der Waals surface area (Å²) in [5.41, 5.74) is 6.69. The fourth-order valence-corrected chi connectivity index (χ4v) is 5.05. The molecule has 1 aliphatic carbocycles. The van der Waals surface area contributed by atoms with Crippen molar-refractivity contribution in [2.24, 2.45) is 17.6 Å². The third kappa shape index (κ3) is 5.39. The van der Waals surface area contributed by atoms with Crippen LogP contribution < -0.4 is 11.1 Å². The summed E-state index contributed by atoms with van der Waals surface area (Å²) in [6.45, 7) is 3.76. The van der Waals surface area contributed by atoms with Crippen molar-refractivity contribution in [1.29, 1.82) is 0 Å². The molecule has 1 aromatic rings. The minimum atomic E-state index is -0.577. The van der Waals surface area contributed by atoms with Crippen LogP contribution in [0.3, 0.4) is 0 Å². The molecule has 156 valence electrons. The minimum Gasteiger partial charge on any atom is -0.390 e. The van der Waals surface area contributed by atoms with Gasteiger partial charge in [0.05, 0.1) is 22.2 Å². The fraction of sp³-hybridized carbons (Fsp3) is 0.667. The van der Waals surface area contributed by atoms with Crippen molar-refractivity contribution in [1.82, 2.24) is 10.2 Å². The molecular formula is C21H31Cl2N3O2. The molecule has 1 amide bonds. The number of carbonyl (C=O) groups is 1. The van der Waals surface area contributed by atoms with Crippen molar-refractivity contribution in [3.63, 3.8) is 0 Å². The van der Waals surface area contributed by atoms with Gasteiger partial charge in [-0.05, 0) is 49.3 Å². The van der Waals surface area contributed by atoms with Gasteiger partial charge < -0.3 is 16.2 Å². The predicted octanol–water partition coefficient (Wildman–Crippen LogP) is 3.37. The number of nitrogens with zero attached hydrogens (tertiary/aromatic N) is 1. The molecule has 1 heterocycles. The van der Waals surface area contributed by atoms with Crippen LogP contribution in [0.2, 0.25) is 10.0 Å². The lowest BCUT2D eigenvalue weighted by atomic mass is 9.72. The van der Waals surface area contributed by atoms with E-state index in [2.05, 4.69) is 10.2 Å². The van der Waals surface area contributed by atoms with Crippen molar-refractivity contribution in [3.05, 3.63) is 33.8 Å². The summed E-state index contributed by atoms with van der Waals surface area (Å²) < 4.78 is 0. The lowest BCUT2D eigenvalue weighted by Gasteiger charge is -2.45. The van der Waals surface area contributed by atoms with Crippen LogP contribution in [0.25, 0.3) is 0 Å². The summed E-state index contributed by atoms with van der Waals surface area (Å²) in [4.78, 5) is 14.1. The Labute approximate surface area is 177 Å². The molecule has 1 aromatic carbocycles. The van der Waals surface area contributed by atoms with Gasteiger partial charge in [0.15, 0.2) is 0 Å². The Bertz CT molecular complexity index is 688. The monoisotopic (exact) mass is 427 g/mol. The number of nitrogens with one attached hydrogen (secondary N) is 1. The van der Waals surface area contributed by atoms with E-state index in [9.17, 15) is 9.90 Å². The number of aliphatic hydroxyl groups excluding tert-OH is 1. The molecule has 7 heteroatoms. The molecule has 4 N–H and O–H groups in total. The van der Waals surface area contributed by atoms with Gasteiger partial charge in [0.1, 0.15) is 0 Å². The first kappa shape index (κ1) is 21.8. The van der Waals surface area contributed by atoms with E-state index in [0.29, 0.717) is 35.0 Å². The molecule has 0 radical (unpaired) electrons. The van der Waals surface area contributed by atoms with Crippen LogP contribution >= 0.6 is 23.2 Å². The standard InChI is InChI=1S/C21H31Cl2N3O2/c1-13(14-6-7-18(22)19(23)8-14)25-10-17(27)12-26-11-16-5-3-2-4-15(16)9-20(26)21(24)28/h6-8,13,15-17,20,25,27H,2-5,9-12H2,1H3,(H2,24,28)/t13-,15-,16+,17+,20-/m0/s1. The second-order valence-corrected chi connectivity index (χ2v) is 9.18. The number of halogens is 2. The smallest absolute Gasteiger partial charge is 0.234 e. The number of hydrogen-bond acceptors (Lipinski definition) is 4. The third-order valence-corrected chi connectivity index (χ3v) is 7.12. The Hall–Kier alpha value is -0.850. The van der Waals surface area contributed by atoms with Gasteiger partial charge in [-0.2, -0.15) is 0 Å². The van der Waals surface area contributed by atoms with Crippen molar-refractivity contribution in [2.75, 3.05) is 19.6 Å². The number of likely N-dealkylation sites (tertiary alicyclic amines) is 1. The summed E-state index contributed by atoms with van der Waals surface area (Å²) in [7, 11) is 0. The summed E-state index contributed by atoms with van der Waals surface area (Å²) in [5, 5.41) is 15.0. The van der Waals surface area contributed by atoms with E-state index in [1.807, 2.05) is 19.1 Å². The Balaban J connectivity index is 1.54. The number of amides is 1. The van der Waals surface area contributed by atoms with Gasteiger partial charge in [0.2, 0.25) is 5.91 Å². The van der Waals surface area contributed by atoms with E-state index < -0.39 is 6.10 Å². The zero-order valence-corrected chi connectivity index (χ0v) is 17.9. The Kier molecular flexibility index (Phi) is 7.62. The Morgan fingerprint density at radius 2 is 2.00 bits per heavy atom. The van der Waals surface area contributed by atoms with Gasteiger partial charge in [-0.3, -0.25) is 9.69 Å². The average molecular weight is 428 g/mol. The van der Waals surface area contributed by atoms with E-state index in [1.54, 1.807) is 6.07 Å². The molecule has 2 fully saturated rings. The number of nitrogens with two attached hydrogens (primary N) is 1. The summed E-state index contributed by atoms with van der Waals surface area (Å²) in [6, 6.07) is 5.31. The van der Waals surface area contributed by atoms with Crippen LogP contribution in [0.5, 0.6) is 0 Å². The lowest BCUT2D eigenvalue weighted by Crippen LogP contribution is -2.56. The van der Waals surface area contributed by atoms with Crippen LogP contribution in [0.15, 0.2) is 18.2 Å². The van der Waals surface area contributed by atoms with Crippen molar-refractivity contribution < 1.29 is 9.90 Å². The number of aliphatic hydroxyl groups is 1. The molecule has 0 unspecified atom stereocenters. The average Bonchev–Trinajstić information content (AvgIpc) is 2.67. The molecule has 1 saturated carbocycles. The van der Waals surface area contributed by atoms with E-state index in [-0.39, 0.29) is 18.0 Å². The highest BCUT2D eigenvalue weighted by molar-refractivity contribution is 6.42. The number of fused-ring (bicyclic) bond motifs is 1. The third-order valence-electron chi connectivity index (χ3n) is 6.38. The van der Waals surface area contributed by atoms with Crippen LogP contribution in [-0.2, 0) is 4.79 Å². The Morgan fingerprint density at radius 1 is 1.29 bits per heavy atom. The summed E-state index contributed by atoms with van der Waals surface area (Å²) in [5.74, 6) is 0.959. The number of benzene rings is 1. The highest BCUT2D eigenvalue weighted by atomic mass is 35.5. The number of primary amides is 1. The van der Waals surface area contributed by atoms with Gasteiger partial charge in [0, 0.05) is 25.7 Å². The topological polar surface area (TPSA) is 78.6 Å². The predicted molar refractivity (Wildman–Crippen MR) is 114 cm³/mol. The molecule has 1 aliphatic heterocycles. The van der Waals surface area contributed by atoms with E-state index in [0.717, 1.165) is 18.5 Å². The number of hydrogen-bond donors (Lipinski definition) is 3. The quantitative estimate of drug-likeness (QED) is 0.622. The Morgan fingerprint density at radius 3 is 2.68 bits per heavy atom. The molecule has 1 saturated heterocycles. The molecular weight excluding hydrogens is 397 g/mol. The molecule has 3 rings (SSSR count). The molecule has 5 nitrogen and oxygen atoms in total. The lowest BCUT2D eigenvalue weighted by molar-refractivity contribution is -0.127. The molecule has 0 spiro atoms. The summed E-state index contributed by atoms with van der Waals surface area (Å²) >= 11 is 12.1. The van der Waals surface area contributed by atoms with E-state index >= 15 is 0 Å². The number of β-amino-alcohol motifs (C(OH)–C–C–N with tert-alkyl or cyclic N) is 1. The molecule has 28 heavy (non-hydrogen) atoms. The first-order chi connectivity index (χ1) is 13.3.